The molecule has 0 saturated carbocycles. The summed E-state index contributed by atoms with van der Waals surface area (Å²) in [5.74, 6) is 1.84. The fraction of sp³-hybridized carbons (Fsp3) is 0. The molecule has 0 unspecified atom stereocenters. The van der Waals surface area contributed by atoms with Gasteiger partial charge in [-0.25, -0.2) is 15.0 Å². The largest absolute Gasteiger partial charge is 0.455 e. The van der Waals surface area contributed by atoms with Crippen molar-refractivity contribution in [3.05, 3.63) is 194 Å². The van der Waals surface area contributed by atoms with Gasteiger partial charge in [0.05, 0.1) is 16.7 Å². The first-order chi connectivity index (χ1) is 27.8. The Morgan fingerprint density at radius 2 is 0.929 bits per heavy atom. The van der Waals surface area contributed by atoms with Crippen molar-refractivity contribution < 1.29 is 4.42 Å². The van der Waals surface area contributed by atoms with Crippen LogP contribution in [0.2, 0.25) is 0 Å². The van der Waals surface area contributed by atoms with Gasteiger partial charge in [0.1, 0.15) is 11.2 Å². The van der Waals surface area contributed by atoms with Crippen LogP contribution in [0.15, 0.2) is 199 Å². The van der Waals surface area contributed by atoms with Gasteiger partial charge in [0.15, 0.2) is 17.5 Å². The molecular formula is C51H32N4O. The van der Waals surface area contributed by atoms with Gasteiger partial charge in [0.25, 0.3) is 0 Å². The first-order valence-corrected chi connectivity index (χ1v) is 18.8. The van der Waals surface area contributed by atoms with Crippen LogP contribution in [0, 0.1) is 0 Å². The summed E-state index contributed by atoms with van der Waals surface area (Å²) in [6, 6.07) is 67.4. The van der Waals surface area contributed by atoms with Crippen LogP contribution in [0.5, 0.6) is 0 Å². The number of hydrogen-bond acceptors (Lipinski definition) is 4. The average molecular weight is 717 g/mol. The van der Waals surface area contributed by atoms with Crippen molar-refractivity contribution in [2.24, 2.45) is 0 Å². The van der Waals surface area contributed by atoms with Crippen molar-refractivity contribution in [2.75, 3.05) is 0 Å². The molecule has 0 spiro atoms. The van der Waals surface area contributed by atoms with E-state index in [1.54, 1.807) is 0 Å². The highest BCUT2D eigenvalue weighted by atomic mass is 16.3. The zero-order chi connectivity index (χ0) is 37.0. The summed E-state index contributed by atoms with van der Waals surface area (Å²) in [6.07, 6.45) is 0. The van der Waals surface area contributed by atoms with Crippen molar-refractivity contribution in [1.29, 1.82) is 0 Å². The topological polar surface area (TPSA) is 56.7 Å². The molecule has 262 valence electrons. The molecule has 0 radical (unpaired) electrons. The van der Waals surface area contributed by atoms with Crippen molar-refractivity contribution >= 4 is 43.7 Å². The van der Waals surface area contributed by atoms with Crippen LogP contribution < -0.4 is 0 Å². The molecule has 0 aliphatic rings. The lowest BCUT2D eigenvalue weighted by Gasteiger charge is -2.15. The van der Waals surface area contributed by atoms with Gasteiger partial charge in [0, 0.05) is 43.8 Å². The van der Waals surface area contributed by atoms with Gasteiger partial charge in [0.2, 0.25) is 0 Å². The summed E-state index contributed by atoms with van der Waals surface area (Å²) < 4.78 is 8.85. The molecule has 0 fully saturated rings. The normalized spacial score (nSPS) is 11.6. The number of hydrogen-bond donors (Lipinski definition) is 0. The van der Waals surface area contributed by atoms with E-state index >= 15 is 0 Å². The maximum Gasteiger partial charge on any atom is 0.166 e. The molecule has 0 amide bonds. The number of furan rings is 1. The summed E-state index contributed by atoms with van der Waals surface area (Å²) in [4.78, 5) is 15.5. The molecule has 0 aliphatic heterocycles. The van der Waals surface area contributed by atoms with Gasteiger partial charge < -0.3 is 8.98 Å². The molecule has 0 atom stereocenters. The van der Waals surface area contributed by atoms with E-state index in [4.69, 9.17) is 19.4 Å². The predicted octanol–water partition coefficient (Wildman–Crippen LogP) is 13.2. The molecule has 3 aromatic heterocycles. The average Bonchev–Trinajstić information content (AvgIpc) is 3.82. The minimum absolute atomic E-state index is 0.601. The monoisotopic (exact) mass is 716 g/mol. The second kappa shape index (κ2) is 13.0. The second-order valence-corrected chi connectivity index (χ2v) is 14.0. The Labute approximate surface area is 322 Å². The van der Waals surface area contributed by atoms with Gasteiger partial charge >= 0.3 is 0 Å². The first kappa shape index (κ1) is 31.9. The molecule has 56 heavy (non-hydrogen) atoms. The summed E-state index contributed by atoms with van der Waals surface area (Å²) >= 11 is 0. The second-order valence-electron chi connectivity index (χ2n) is 14.0. The van der Waals surface area contributed by atoms with Crippen LogP contribution in [0.1, 0.15) is 0 Å². The van der Waals surface area contributed by atoms with Crippen molar-refractivity contribution in [3.8, 4) is 62.1 Å². The Kier molecular flexibility index (Phi) is 7.42. The molecule has 5 heteroatoms. The number of aromatic nitrogens is 4. The Balaban J connectivity index is 1.13. The van der Waals surface area contributed by atoms with E-state index in [-0.39, 0.29) is 0 Å². The number of fused-ring (bicyclic) bond motifs is 6. The van der Waals surface area contributed by atoms with Crippen molar-refractivity contribution in [1.82, 2.24) is 19.5 Å². The molecule has 11 rings (SSSR count). The van der Waals surface area contributed by atoms with Crippen molar-refractivity contribution in [3.63, 3.8) is 0 Å². The zero-order valence-corrected chi connectivity index (χ0v) is 30.2. The minimum atomic E-state index is 0.601. The van der Waals surface area contributed by atoms with Crippen molar-refractivity contribution in [2.45, 2.75) is 0 Å². The lowest BCUT2D eigenvalue weighted by atomic mass is 10.0. The lowest BCUT2D eigenvalue weighted by molar-refractivity contribution is 0.670. The number of para-hydroxylation sites is 4. The summed E-state index contributed by atoms with van der Waals surface area (Å²) in [5.41, 5.74) is 12.1. The van der Waals surface area contributed by atoms with E-state index < -0.39 is 0 Å². The quantitative estimate of drug-likeness (QED) is 0.172. The summed E-state index contributed by atoms with van der Waals surface area (Å²) in [7, 11) is 0. The van der Waals surface area contributed by atoms with Gasteiger partial charge in [-0.15, -0.1) is 0 Å². The van der Waals surface area contributed by atoms with E-state index in [0.717, 1.165) is 83.0 Å². The fourth-order valence-electron chi connectivity index (χ4n) is 8.04. The molecule has 3 heterocycles. The van der Waals surface area contributed by atoms with Crippen LogP contribution in [-0.4, -0.2) is 19.5 Å². The summed E-state index contributed by atoms with van der Waals surface area (Å²) in [6.45, 7) is 0. The van der Waals surface area contributed by atoms with E-state index in [9.17, 15) is 0 Å². The Morgan fingerprint density at radius 1 is 0.339 bits per heavy atom. The standard InChI is InChI=1S/C51H32N4O/c1-3-15-33(16-4-1)35-19-13-20-37(31-35)50-52-49(34-17-5-2-6-18-34)53-51(54-50)43-23-8-11-27-45(43)55-44-26-10-7-21-39(44)40-30-29-36(32-46(40)55)38-24-14-25-42-41-22-9-12-28-47(41)56-48(38)42/h1-32H. The zero-order valence-electron chi connectivity index (χ0n) is 30.2. The molecular weight excluding hydrogens is 685 g/mol. The maximum atomic E-state index is 6.50. The lowest BCUT2D eigenvalue weighted by Crippen LogP contribution is -2.03. The smallest absolute Gasteiger partial charge is 0.166 e. The van der Waals surface area contributed by atoms with Crippen LogP contribution in [-0.2, 0) is 0 Å². The molecule has 0 aliphatic carbocycles. The van der Waals surface area contributed by atoms with Gasteiger partial charge in [-0.3, -0.25) is 0 Å². The van der Waals surface area contributed by atoms with Gasteiger partial charge in [-0.05, 0) is 53.1 Å². The molecule has 5 nitrogen and oxygen atoms in total. The Hall–Kier alpha value is -7.63. The third-order valence-corrected chi connectivity index (χ3v) is 10.7. The first-order valence-electron chi connectivity index (χ1n) is 18.8. The fourth-order valence-corrected chi connectivity index (χ4v) is 8.04. The Morgan fingerprint density at radius 3 is 1.79 bits per heavy atom. The van der Waals surface area contributed by atoms with Crippen LogP contribution in [0.4, 0.5) is 0 Å². The van der Waals surface area contributed by atoms with E-state index in [2.05, 4.69) is 150 Å². The molecule has 0 bridgehead atoms. The number of nitrogens with zero attached hydrogens (tertiary/aromatic N) is 4. The Bertz CT molecular complexity index is 3250. The van der Waals surface area contributed by atoms with E-state index in [0.29, 0.717) is 17.5 Å². The molecule has 0 saturated heterocycles. The highest BCUT2D eigenvalue weighted by Gasteiger charge is 2.20. The molecule has 11 aromatic rings. The van der Waals surface area contributed by atoms with Crippen LogP contribution in [0.25, 0.3) is 106 Å². The molecule has 0 N–H and O–H groups in total. The van der Waals surface area contributed by atoms with Crippen LogP contribution >= 0.6 is 0 Å². The van der Waals surface area contributed by atoms with Gasteiger partial charge in [-0.1, -0.05) is 158 Å². The number of rotatable bonds is 6. The van der Waals surface area contributed by atoms with Crippen LogP contribution in [0.3, 0.4) is 0 Å². The summed E-state index contributed by atoms with van der Waals surface area (Å²) in [5, 5.41) is 4.56. The molecule has 8 aromatic carbocycles. The highest BCUT2D eigenvalue weighted by molar-refractivity contribution is 6.13. The number of benzene rings is 8. The third kappa shape index (κ3) is 5.29. The van der Waals surface area contributed by atoms with E-state index in [1.807, 2.05) is 48.5 Å². The predicted molar refractivity (Wildman–Crippen MR) is 229 cm³/mol. The van der Waals surface area contributed by atoms with E-state index in [1.165, 1.54) is 5.39 Å². The maximum absolute atomic E-state index is 6.50. The third-order valence-electron chi connectivity index (χ3n) is 10.7. The highest BCUT2D eigenvalue weighted by Crippen LogP contribution is 2.41. The van der Waals surface area contributed by atoms with Gasteiger partial charge in [-0.2, -0.15) is 0 Å². The minimum Gasteiger partial charge on any atom is -0.455 e. The SMILES string of the molecule is c1ccc(-c2cccc(-c3nc(-c4ccccc4)nc(-c4ccccc4-n4c5ccccc5c5ccc(-c6cccc7c6oc6ccccc67)cc54)n3)c2)cc1.